The molecule has 1 aliphatic heterocycles. The van der Waals surface area contributed by atoms with Gasteiger partial charge < -0.3 is 4.74 Å². The number of hydrogen-bond donors (Lipinski definition) is 0. The third-order valence-corrected chi connectivity index (χ3v) is 6.73. The molecule has 2 aliphatic carbocycles. The molecule has 0 radical (unpaired) electrons. The van der Waals surface area contributed by atoms with Gasteiger partial charge in [0.25, 0.3) is 0 Å². The molecule has 0 aromatic heterocycles. The second-order valence-corrected chi connectivity index (χ2v) is 8.11. The van der Waals surface area contributed by atoms with Crippen LogP contribution in [0.1, 0.15) is 75.5 Å². The van der Waals surface area contributed by atoms with Gasteiger partial charge in [0, 0.05) is 11.1 Å². The standard InChI is InChI=1S/C22H28F2O/c1-2-14-3-5-15(6-4-14)16-7-9-17(10-8-16)18-11-12-19(20-13-25-20)22(24)21(18)23/h9,11-12,14-16,20H,2-8,10,13H2,1H3. The highest BCUT2D eigenvalue weighted by atomic mass is 19.2. The summed E-state index contributed by atoms with van der Waals surface area (Å²) in [5.41, 5.74) is 1.80. The molecule has 1 aromatic carbocycles. The second kappa shape index (κ2) is 7.19. The van der Waals surface area contributed by atoms with Crippen LogP contribution in [0, 0.1) is 29.4 Å². The number of ether oxygens (including phenoxy) is 1. The fourth-order valence-electron chi connectivity index (χ4n) is 4.88. The Morgan fingerprint density at radius 2 is 1.76 bits per heavy atom. The van der Waals surface area contributed by atoms with Crippen molar-refractivity contribution in [1.29, 1.82) is 0 Å². The van der Waals surface area contributed by atoms with Gasteiger partial charge in [-0.3, -0.25) is 0 Å². The molecule has 136 valence electrons. The predicted molar refractivity (Wildman–Crippen MR) is 96.1 cm³/mol. The molecule has 1 nitrogen and oxygen atoms in total. The summed E-state index contributed by atoms with van der Waals surface area (Å²) in [5.74, 6) is 1.07. The van der Waals surface area contributed by atoms with E-state index in [9.17, 15) is 8.78 Å². The minimum Gasteiger partial charge on any atom is -0.368 e. The van der Waals surface area contributed by atoms with Crippen LogP contribution in [-0.4, -0.2) is 6.61 Å². The summed E-state index contributed by atoms with van der Waals surface area (Å²) >= 11 is 0. The molecule has 25 heavy (non-hydrogen) atoms. The lowest BCUT2D eigenvalue weighted by atomic mass is 9.70. The molecule has 0 spiro atoms. The Hall–Kier alpha value is -1.22. The van der Waals surface area contributed by atoms with Crippen molar-refractivity contribution in [2.45, 2.75) is 64.4 Å². The molecule has 2 atom stereocenters. The molecule has 0 amide bonds. The van der Waals surface area contributed by atoms with Gasteiger partial charge in [-0.2, -0.15) is 0 Å². The molecule has 1 saturated heterocycles. The van der Waals surface area contributed by atoms with Gasteiger partial charge in [-0.15, -0.1) is 0 Å². The second-order valence-electron chi connectivity index (χ2n) is 8.11. The fourth-order valence-corrected chi connectivity index (χ4v) is 4.88. The molecule has 1 saturated carbocycles. The van der Waals surface area contributed by atoms with Crippen LogP contribution < -0.4 is 0 Å². The number of rotatable bonds is 4. The molecule has 0 bridgehead atoms. The highest BCUT2D eigenvalue weighted by Crippen LogP contribution is 2.42. The van der Waals surface area contributed by atoms with Crippen molar-refractivity contribution in [3.8, 4) is 0 Å². The van der Waals surface area contributed by atoms with Gasteiger partial charge in [-0.1, -0.05) is 44.4 Å². The summed E-state index contributed by atoms with van der Waals surface area (Å²) in [6, 6.07) is 3.44. The molecule has 3 aliphatic rings. The molecule has 3 heteroatoms. The molecule has 1 aromatic rings. The zero-order valence-electron chi connectivity index (χ0n) is 15.1. The lowest BCUT2D eigenvalue weighted by molar-refractivity contribution is 0.192. The van der Waals surface area contributed by atoms with Gasteiger partial charge in [0.2, 0.25) is 0 Å². The van der Waals surface area contributed by atoms with Crippen LogP contribution in [0.15, 0.2) is 18.2 Å². The Kier molecular flexibility index (Phi) is 4.95. The predicted octanol–water partition coefficient (Wildman–Crippen LogP) is 6.44. The maximum Gasteiger partial charge on any atom is 0.166 e. The van der Waals surface area contributed by atoms with Crippen molar-refractivity contribution in [3.63, 3.8) is 0 Å². The van der Waals surface area contributed by atoms with E-state index in [4.69, 9.17) is 4.74 Å². The summed E-state index contributed by atoms with van der Waals surface area (Å²) < 4.78 is 33.9. The third kappa shape index (κ3) is 3.53. The molecule has 1 heterocycles. The van der Waals surface area contributed by atoms with E-state index in [1.54, 1.807) is 12.1 Å². The van der Waals surface area contributed by atoms with Crippen LogP contribution >= 0.6 is 0 Å². The Morgan fingerprint density at radius 1 is 1.00 bits per heavy atom. The number of hydrogen-bond acceptors (Lipinski definition) is 1. The highest BCUT2D eigenvalue weighted by molar-refractivity contribution is 5.67. The summed E-state index contributed by atoms with van der Waals surface area (Å²) in [6.07, 6.45) is 11.7. The zero-order chi connectivity index (χ0) is 17.4. The lowest BCUT2D eigenvalue weighted by Crippen LogP contribution is -2.23. The molecule has 2 fully saturated rings. The normalized spacial score (nSPS) is 32.4. The quantitative estimate of drug-likeness (QED) is 0.572. The van der Waals surface area contributed by atoms with E-state index in [2.05, 4.69) is 13.0 Å². The van der Waals surface area contributed by atoms with Crippen LogP contribution in [0.2, 0.25) is 0 Å². The van der Waals surface area contributed by atoms with E-state index in [-0.39, 0.29) is 6.10 Å². The van der Waals surface area contributed by atoms with Crippen molar-refractivity contribution >= 4 is 5.57 Å². The average molecular weight is 346 g/mol. The van der Waals surface area contributed by atoms with Crippen molar-refractivity contribution in [3.05, 3.63) is 41.0 Å². The van der Waals surface area contributed by atoms with Crippen LogP contribution in [0.25, 0.3) is 5.57 Å². The molecule has 4 rings (SSSR count). The van der Waals surface area contributed by atoms with Gasteiger partial charge in [-0.25, -0.2) is 8.78 Å². The van der Waals surface area contributed by atoms with Gasteiger partial charge in [0.15, 0.2) is 11.6 Å². The lowest BCUT2D eigenvalue weighted by Gasteiger charge is -2.35. The van der Waals surface area contributed by atoms with E-state index >= 15 is 0 Å². The summed E-state index contributed by atoms with van der Waals surface area (Å²) in [6.45, 7) is 2.80. The Morgan fingerprint density at radius 3 is 2.36 bits per heavy atom. The monoisotopic (exact) mass is 346 g/mol. The number of benzene rings is 1. The summed E-state index contributed by atoms with van der Waals surface area (Å²) in [7, 11) is 0. The Bertz CT molecular complexity index is 654. The Labute approximate surface area is 149 Å². The third-order valence-electron chi connectivity index (χ3n) is 6.73. The van der Waals surface area contributed by atoms with Crippen molar-refractivity contribution in [2.75, 3.05) is 6.61 Å². The number of allylic oxidation sites excluding steroid dienone is 2. The van der Waals surface area contributed by atoms with Gasteiger partial charge in [0.05, 0.1) is 6.61 Å². The first-order chi connectivity index (χ1) is 12.2. The van der Waals surface area contributed by atoms with Crippen molar-refractivity contribution in [1.82, 2.24) is 0 Å². The largest absolute Gasteiger partial charge is 0.368 e. The van der Waals surface area contributed by atoms with Gasteiger partial charge in [0.1, 0.15) is 6.10 Å². The van der Waals surface area contributed by atoms with E-state index in [1.165, 1.54) is 32.1 Å². The molecule has 0 N–H and O–H groups in total. The van der Waals surface area contributed by atoms with Crippen LogP contribution in [-0.2, 0) is 4.74 Å². The molecule has 2 unspecified atom stereocenters. The number of epoxide rings is 1. The highest BCUT2D eigenvalue weighted by Gasteiger charge is 2.32. The van der Waals surface area contributed by atoms with Crippen molar-refractivity contribution in [2.24, 2.45) is 17.8 Å². The first-order valence-corrected chi connectivity index (χ1v) is 9.96. The topological polar surface area (TPSA) is 12.5 Å². The van der Waals surface area contributed by atoms with E-state index in [1.807, 2.05) is 0 Å². The van der Waals surface area contributed by atoms with Gasteiger partial charge in [-0.05, 0) is 55.4 Å². The van der Waals surface area contributed by atoms with Crippen molar-refractivity contribution < 1.29 is 13.5 Å². The Balaban J connectivity index is 1.43. The van der Waals surface area contributed by atoms with E-state index < -0.39 is 11.6 Å². The maximum absolute atomic E-state index is 14.5. The first kappa shape index (κ1) is 17.2. The first-order valence-electron chi connectivity index (χ1n) is 9.96. The van der Waals surface area contributed by atoms with Gasteiger partial charge >= 0.3 is 0 Å². The van der Waals surface area contributed by atoms with E-state index in [0.29, 0.717) is 17.7 Å². The zero-order valence-corrected chi connectivity index (χ0v) is 15.1. The molecular formula is C22H28F2O. The average Bonchev–Trinajstić information content (AvgIpc) is 3.49. The van der Waals surface area contributed by atoms with Crippen LogP contribution in [0.3, 0.4) is 0 Å². The SMILES string of the molecule is CCC1CCC(C2CC=C(c3ccc(C4CO4)c(F)c3F)CC2)CC1. The minimum atomic E-state index is -0.721. The fraction of sp³-hybridized carbons (Fsp3) is 0.636. The van der Waals surface area contributed by atoms with E-state index in [0.717, 1.165) is 42.6 Å². The smallest absolute Gasteiger partial charge is 0.166 e. The van der Waals surface area contributed by atoms with Crippen LogP contribution in [0.5, 0.6) is 0 Å². The van der Waals surface area contributed by atoms with Crippen LogP contribution in [0.4, 0.5) is 8.78 Å². The maximum atomic E-state index is 14.5. The summed E-state index contributed by atoms with van der Waals surface area (Å²) in [4.78, 5) is 0. The number of halogens is 2. The summed E-state index contributed by atoms with van der Waals surface area (Å²) in [5, 5.41) is 0. The molecular weight excluding hydrogens is 318 g/mol. The minimum absolute atomic E-state index is 0.244.